The van der Waals surface area contributed by atoms with Crippen molar-refractivity contribution >= 4 is 12.0 Å². The number of rotatable bonds is 6. The zero-order valence-corrected chi connectivity index (χ0v) is 10.6. The van der Waals surface area contributed by atoms with Gasteiger partial charge in [0, 0.05) is 6.54 Å². The second-order valence-corrected chi connectivity index (χ2v) is 4.81. The van der Waals surface area contributed by atoms with Gasteiger partial charge in [-0.05, 0) is 17.9 Å². The Labute approximate surface area is 112 Å². The van der Waals surface area contributed by atoms with Crippen LogP contribution in [0.4, 0.5) is 4.79 Å². The molecule has 1 aromatic carbocycles. The van der Waals surface area contributed by atoms with Gasteiger partial charge in [0.15, 0.2) is 6.04 Å². The van der Waals surface area contributed by atoms with Crippen LogP contribution in [0.15, 0.2) is 30.3 Å². The van der Waals surface area contributed by atoms with Gasteiger partial charge in [-0.1, -0.05) is 43.2 Å². The summed E-state index contributed by atoms with van der Waals surface area (Å²) in [6.45, 7) is 0.595. The molecule has 0 aromatic heterocycles. The topological polar surface area (TPSA) is 78.4 Å². The molecule has 5 heteroatoms. The van der Waals surface area contributed by atoms with Gasteiger partial charge in [-0.25, -0.2) is 9.59 Å². The van der Waals surface area contributed by atoms with Crippen LogP contribution in [0.5, 0.6) is 0 Å². The minimum absolute atomic E-state index is 0.433. The molecule has 0 saturated heterocycles. The zero-order valence-electron chi connectivity index (χ0n) is 10.6. The molecule has 1 aromatic rings. The van der Waals surface area contributed by atoms with Crippen LogP contribution < -0.4 is 10.6 Å². The Morgan fingerprint density at radius 3 is 2.53 bits per heavy atom. The SMILES string of the molecule is O=C(NCCC1CC1)NC(C(=O)O)c1ccccc1. The van der Waals surface area contributed by atoms with Crippen molar-refractivity contribution in [3.63, 3.8) is 0 Å². The normalized spacial score (nSPS) is 15.6. The Morgan fingerprint density at radius 2 is 1.95 bits per heavy atom. The summed E-state index contributed by atoms with van der Waals surface area (Å²) in [5.41, 5.74) is 0.562. The third-order valence-electron chi connectivity index (χ3n) is 3.19. The number of aliphatic carboxylic acids is 1. The molecule has 5 nitrogen and oxygen atoms in total. The van der Waals surface area contributed by atoms with E-state index in [1.54, 1.807) is 30.3 Å². The smallest absolute Gasteiger partial charge is 0.330 e. The summed E-state index contributed by atoms with van der Waals surface area (Å²) in [6, 6.07) is 7.22. The molecule has 2 amide bonds. The maximum absolute atomic E-state index is 11.6. The highest BCUT2D eigenvalue weighted by atomic mass is 16.4. The number of hydrogen-bond donors (Lipinski definition) is 3. The fourth-order valence-corrected chi connectivity index (χ4v) is 1.91. The van der Waals surface area contributed by atoms with Crippen LogP contribution in [-0.4, -0.2) is 23.7 Å². The second kappa shape index (κ2) is 6.22. The number of carbonyl (C=O) groups excluding carboxylic acids is 1. The van der Waals surface area contributed by atoms with E-state index in [1.807, 2.05) is 0 Å². The first-order valence-electron chi connectivity index (χ1n) is 6.49. The fraction of sp³-hybridized carbons (Fsp3) is 0.429. The van der Waals surface area contributed by atoms with Gasteiger partial charge in [-0.3, -0.25) is 0 Å². The summed E-state index contributed by atoms with van der Waals surface area (Å²) in [6.07, 6.45) is 3.45. The molecule has 0 radical (unpaired) electrons. The first-order chi connectivity index (χ1) is 9.16. The number of carboxylic acid groups (broad SMARTS) is 1. The van der Waals surface area contributed by atoms with Crippen LogP contribution in [0.2, 0.25) is 0 Å². The van der Waals surface area contributed by atoms with Gasteiger partial charge in [0.1, 0.15) is 0 Å². The average molecular weight is 262 g/mol. The minimum Gasteiger partial charge on any atom is -0.479 e. The van der Waals surface area contributed by atoms with Crippen molar-refractivity contribution in [1.82, 2.24) is 10.6 Å². The maximum Gasteiger partial charge on any atom is 0.330 e. The van der Waals surface area contributed by atoms with Crippen molar-refractivity contribution in [2.24, 2.45) is 5.92 Å². The highest BCUT2D eigenvalue weighted by Crippen LogP contribution is 2.31. The van der Waals surface area contributed by atoms with Crippen molar-refractivity contribution in [3.05, 3.63) is 35.9 Å². The van der Waals surface area contributed by atoms with Gasteiger partial charge < -0.3 is 15.7 Å². The number of amides is 2. The van der Waals surface area contributed by atoms with Gasteiger partial charge in [0.25, 0.3) is 0 Å². The third-order valence-corrected chi connectivity index (χ3v) is 3.19. The predicted octanol–water partition coefficient (Wildman–Crippen LogP) is 1.91. The molecule has 102 valence electrons. The number of hydrogen-bond acceptors (Lipinski definition) is 2. The van der Waals surface area contributed by atoms with E-state index in [-0.39, 0.29) is 0 Å². The van der Waals surface area contributed by atoms with Crippen LogP contribution in [0, 0.1) is 5.92 Å². The highest BCUT2D eigenvalue weighted by molar-refractivity contribution is 5.83. The number of benzene rings is 1. The lowest BCUT2D eigenvalue weighted by Gasteiger charge is -2.15. The molecule has 1 aliphatic carbocycles. The van der Waals surface area contributed by atoms with E-state index in [2.05, 4.69) is 10.6 Å². The lowest BCUT2D eigenvalue weighted by molar-refractivity contribution is -0.139. The van der Waals surface area contributed by atoms with Crippen molar-refractivity contribution in [1.29, 1.82) is 0 Å². The Balaban J connectivity index is 1.85. The first-order valence-corrected chi connectivity index (χ1v) is 6.49. The lowest BCUT2D eigenvalue weighted by Crippen LogP contribution is -2.41. The molecule has 19 heavy (non-hydrogen) atoms. The molecule has 3 N–H and O–H groups in total. The average Bonchev–Trinajstić information content (AvgIpc) is 3.21. The van der Waals surface area contributed by atoms with Gasteiger partial charge in [-0.15, -0.1) is 0 Å². The van der Waals surface area contributed by atoms with Crippen LogP contribution >= 0.6 is 0 Å². The predicted molar refractivity (Wildman–Crippen MR) is 70.7 cm³/mol. The van der Waals surface area contributed by atoms with Gasteiger partial charge in [-0.2, -0.15) is 0 Å². The summed E-state index contributed by atoms with van der Waals surface area (Å²) >= 11 is 0. The lowest BCUT2D eigenvalue weighted by atomic mass is 10.1. The molecular formula is C14H18N2O3. The molecule has 0 bridgehead atoms. The molecule has 1 aliphatic rings. The van der Waals surface area contributed by atoms with Gasteiger partial charge in [0.05, 0.1) is 0 Å². The number of carboxylic acids is 1. The van der Waals surface area contributed by atoms with Gasteiger partial charge >= 0.3 is 12.0 Å². The standard InChI is InChI=1S/C14H18N2O3/c17-13(18)12(11-4-2-1-3-5-11)16-14(19)15-9-8-10-6-7-10/h1-5,10,12H,6-9H2,(H,17,18)(H2,15,16,19). The summed E-state index contributed by atoms with van der Waals surface area (Å²) in [7, 11) is 0. The number of urea groups is 1. The van der Waals surface area contributed by atoms with Crippen molar-refractivity contribution in [2.75, 3.05) is 6.54 Å². The van der Waals surface area contributed by atoms with Crippen molar-refractivity contribution < 1.29 is 14.7 Å². The minimum atomic E-state index is -1.07. The van der Waals surface area contributed by atoms with Crippen LogP contribution in [0.25, 0.3) is 0 Å². The Kier molecular flexibility index (Phi) is 4.39. The molecular weight excluding hydrogens is 244 g/mol. The van der Waals surface area contributed by atoms with E-state index in [9.17, 15) is 9.59 Å². The summed E-state index contributed by atoms with van der Waals surface area (Å²) in [5, 5.41) is 14.3. The van der Waals surface area contributed by atoms with E-state index < -0.39 is 18.0 Å². The molecule has 0 spiro atoms. The van der Waals surface area contributed by atoms with Crippen LogP contribution in [-0.2, 0) is 4.79 Å². The molecule has 1 atom stereocenters. The molecule has 1 saturated carbocycles. The van der Waals surface area contributed by atoms with E-state index in [0.717, 1.165) is 12.3 Å². The second-order valence-electron chi connectivity index (χ2n) is 4.81. The molecule has 0 aliphatic heterocycles. The van der Waals surface area contributed by atoms with Crippen LogP contribution in [0.3, 0.4) is 0 Å². The molecule has 1 unspecified atom stereocenters. The highest BCUT2D eigenvalue weighted by Gasteiger charge is 2.23. The Hall–Kier alpha value is -2.04. The Bertz CT molecular complexity index is 443. The van der Waals surface area contributed by atoms with E-state index in [0.29, 0.717) is 12.1 Å². The first kappa shape index (κ1) is 13.4. The molecule has 0 heterocycles. The summed E-state index contributed by atoms with van der Waals surface area (Å²) < 4.78 is 0. The summed E-state index contributed by atoms with van der Waals surface area (Å²) in [4.78, 5) is 22.8. The Morgan fingerprint density at radius 1 is 1.26 bits per heavy atom. The van der Waals surface area contributed by atoms with Crippen molar-refractivity contribution in [3.8, 4) is 0 Å². The third kappa shape index (κ3) is 4.28. The molecule has 1 fully saturated rings. The largest absolute Gasteiger partial charge is 0.479 e. The number of carbonyl (C=O) groups is 2. The maximum atomic E-state index is 11.6. The van der Waals surface area contributed by atoms with E-state index in [4.69, 9.17) is 5.11 Å². The van der Waals surface area contributed by atoms with E-state index in [1.165, 1.54) is 12.8 Å². The number of nitrogens with one attached hydrogen (secondary N) is 2. The van der Waals surface area contributed by atoms with Crippen LogP contribution in [0.1, 0.15) is 30.9 Å². The summed E-state index contributed by atoms with van der Waals surface area (Å²) in [5.74, 6) is -0.326. The zero-order chi connectivity index (χ0) is 13.7. The van der Waals surface area contributed by atoms with Gasteiger partial charge in [0.2, 0.25) is 0 Å². The quantitative estimate of drug-likeness (QED) is 0.732. The molecule has 2 rings (SSSR count). The van der Waals surface area contributed by atoms with E-state index >= 15 is 0 Å². The fourth-order valence-electron chi connectivity index (χ4n) is 1.91. The van der Waals surface area contributed by atoms with Crippen molar-refractivity contribution in [2.45, 2.75) is 25.3 Å². The monoisotopic (exact) mass is 262 g/mol.